The molecule has 0 aromatic heterocycles. The van der Waals surface area contributed by atoms with Gasteiger partial charge in [0, 0.05) is 25.4 Å². The Morgan fingerprint density at radius 3 is 1.74 bits per heavy atom. The zero-order valence-electron chi connectivity index (χ0n) is 19.4. The van der Waals surface area contributed by atoms with Crippen LogP contribution in [0, 0.1) is 11.3 Å². The van der Waals surface area contributed by atoms with Gasteiger partial charge in [-0.3, -0.25) is 4.90 Å². The number of hydrogen-bond donors (Lipinski definition) is 0. The number of rotatable bonds is 13. The number of ether oxygens (including phenoxy) is 2. The normalized spacial score (nSPS) is 17.6. The molecule has 0 N–H and O–H groups in total. The summed E-state index contributed by atoms with van der Waals surface area (Å²) in [5.74, 6) is 0.963. The van der Waals surface area contributed by atoms with E-state index in [0.717, 1.165) is 38.8 Å². The molecule has 1 aliphatic heterocycles. The maximum absolute atomic E-state index is 5.79. The summed E-state index contributed by atoms with van der Waals surface area (Å²) in [5.41, 5.74) is 0.634. The van der Waals surface area contributed by atoms with Crippen LogP contribution in [0.4, 0.5) is 0 Å². The first kappa shape index (κ1) is 24.9. The predicted molar refractivity (Wildman–Crippen MR) is 117 cm³/mol. The van der Waals surface area contributed by atoms with Gasteiger partial charge in [0.25, 0.3) is 0 Å². The molecule has 0 saturated carbocycles. The van der Waals surface area contributed by atoms with Gasteiger partial charge in [0.2, 0.25) is 0 Å². The van der Waals surface area contributed by atoms with Gasteiger partial charge < -0.3 is 9.47 Å². The molecule has 3 heteroatoms. The third-order valence-electron chi connectivity index (χ3n) is 5.58. The maximum atomic E-state index is 5.79. The molecule has 162 valence electrons. The van der Waals surface area contributed by atoms with Gasteiger partial charge >= 0.3 is 0 Å². The lowest BCUT2D eigenvalue weighted by Crippen LogP contribution is -2.46. The highest BCUT2D eigenvalue weighted by Gasteiger charge is 2.26. The number of unbranched alkanes of at least 4 members (excludes halogenated alkanes) is 4. The van der Waals surface area contributed by atoms with Crippen molar-refractivity contribution in [2.75, 3.05) is 39.5 Å². The van der Waals surface area contributed by atoms with E-state index in [9.17, 15) is 0 Å². The number of piperidine rings is 1. The Labute approximate surface area is 170 Å². The molecule has 0 unspecified atom stereocenters. The first-order valence-electron chi connectivity index (χ1n) is 11.6. The van der Waals surface area contributed by atoms with Crippen LogP contribution in [-0.2, 0) is 9.47 Å². The van der Waals surface area contributed by atoms with Gasteiger partial charge in [0.1, 0.15) is 0 Å². The van der Waals surface area contributed by atoms with Crippen LogP contribution in [0.25, 0.3) is 0 Å². The van der Waals surface area contributed by atoms with E-state index in [-0.39, 0.29) is 5.41 Å². The molecule has 3 nitrogen and oxygen atoms in total. The fourth-order valence-electron chi connectivity index (χ4n) is 3.77. The molecule has 0 amide bonds. The van der Waals surface area contributed by atoms with Crippen LogP contribution in [-0.4, -0.2) is 50.0 Å². The van der Waals surface area contributed by atoms with Gasteiger partial charge in [-0.1, -0.05) is 40.0 Å². The van der Waals surface area contributed by atoms with Crippen molar-refractivity contribution in [3.8, 4) is 0 Å². The number of likely N-dealkylation sites (tertiary alicyclic amines) is 1. The first-order valence-corrected chi connectivity index (χ1v) is 11.6. The van der Waals surface area contributed by atoms with E-state index in [0.29, 0.717) is 5.54 Å². The minimum absolute atomic E-state index is 0.285. The van der Waals surface area contributed by atoms with Gasteiger partial charge in [0.15, 0.2) is 0 Å². The van der Waals surface area contributed by atoms with Crippen molar-refractivity contribution in [2.45, 2.75) is 105 Å². The second-order valence-corrected chi connectivity index (χ2v) is 10.7. The molecule has 1 heterocycles. The van der Waals surface area contributed by atoms with E-state index in [2.05, 4.69) is 46.4 Å². The van der Waals surface area contributed by atoms with E-state index in [1.807, 2.05) is 0 Å². The second kappa shape index (κ2) is 13.2. The van der Waals surface area contributed by atoms with Crippen molar-refractivity contribution in [1.29, 1.82) is 0 Å². The van der Waals surface area contributed by atoms with Crippen molar-refractivity contribution in [1.82, 2.24) is 4.90 Å². The summed E-state index contributed by atoms with van der Waals surface area (Å²) in [7, 11) is 0. The van der Waals surface area contributed by atoms with Crippen LogP contribution >= 0.6 is 0 Å². The summed E-state index contributed by atoms with van der Waals surface area (Å²) < 4.78 is 11.5. The van der Waals surface area contributed by atoms with Crippen molar-refractivity contribution < 1.29 is 9.47 Å². The van der Waals surface area contributed by atoms with Gasteiger partial charge in [0.05, 0.1) is 6.61 Å². The van der Waals surface area contributed by atoms with Gasteiger partial charge in [-0.2, -0.15) is 0 Å². The zero-order chi connectivity index (χ0) is 20.2. The van der Waals surface area contributed by atoms with E-state index in [4.69, 9.17) is 9.47 Å². The van der Waals surface area contributed by atoms with E-state index >= 15 is 0 Å². The SMILES string of the molecule is CC(C)(C)COCCCCCOCCCCCC1CCN(C(C)(C)C)CC1. The molecule has 0 radical (unpaired) electrons. The van der Waals surface area contributed by atoms with Crippen molar-refractivity contribution >= 4 is 0 Å². The Kier molecular flexibility index (Phi) is 12.2. The molecule has 1 fully saturated rings. The van der Waals surface area contributed by atoms with Gasteiger partial charge in [-0.25, -0.2) is 0 Å². The molecule has 27 heavy (non-hydrogen) atoms. The van der Waals surface area contributed by atoms with Crippen LogP contribution in [0.2, 0.25) is 0 Å². The highest BCUT2D eigenvalue weighted by Crippen LogP contribution is 2.27. The third-order valence-corrected chi connectivity index (χ3v) is 5.58. The Morgan fingerprint density at radius 2 is 1.22 bits per heavy atom. The lowest BCUT2D eigenvalue weighted by atomic mass is 9.89. The van der Waals surface area contributed by atoms with Crippen molar-refractivity contribution in [2.24, 2.45) is 11.3 Å². The highest BCUT2D eigenvalue weighted by atomic mass is 16.5. The van der Waals surface area contributed by atoms with Crippen LogP contribution in [0.1, 0.15) is 99.3 Å². The van der Waals surface area contributed by atoms with Crippen LogP contribution in [0.3, 0.4) is 0 Å². The minimum Gasteiger partial charge on any atom is -0.381 e. The average Bonchev–Trinajstić information content (AvgIpc) is 2.57. The molecule has 1 rings (SSSR count). The van der Waals surface area contributed by atoms with E-state index in [1.54, 1.807) is 0 Å². The molecule has 0 aromatic carbocycles. The van der Waals surface area contributed by atoms with E-state index in [1.165, 1.54) is 64.5 Å². The zero-order valence-corrected chi connectivity index (χ0v) is 19.4. The van der Waals surface area contributed by atoms with Crippen LogP contribution in [0.15, 0.2) is 0 Å². The molecule has 0 spiro atoms. The molecule has 1 aliphatic rings. The van der Waals surface area contributed by atoms with Crippen LogP contribution in [0.5, 0.6) is 0 Å². The maximum Gasteiger partial charge on any atom is 0.0514 e. The van der Waals surface area contributed by atoms with Crippen LogP contribution < -0.4 is 0 Å². The number of hydrogen-bond acceptors (Lipinski definition) is 3. The average molecular weight is 384 g/mol. The summed E-state index contributed by atoms with van der Waals surface area (Å²) >= 11 is 0. The largest absolute Gasteiger partial charge is 0.381 e. The predicted octanol–water partition coefficient (Wildman–Crippen LogP) is 6.31. The summed E-state index contributed by atoms with van der Waals surface area (Å²) in [6.45, 7) is 19.9. The number of nitrogens with zero attached hydrogens (tertiary/aromatic N) is 1. The lowest BCUT2D eigenvalue weighted by molar-refractivity contribution is 0.0662. The van der Waals surface area contributed by atoms with Crippen molar-refractivity contribution in [3.05, 3.63) is 0 Å². The molecular formula is C24H49NO2. The quantitative estimate of drug-likeness (QED) is 0.348. The molecule has 0 bridgehead atoms. The second-order valence-electron chi connectivity index (χ2n) is 10.7. The smallest absolute Gasteiger partial charge is 0.0514 e. The molecular weight excluding hydrogens is 334 g/mol. The Balaban J connectivity index is 1.81. The van der Waals surface area contributed by atoms with E-state index < -0.39 is 0 Å². The third kappa shape index (κ3) is 13.7. The molecule has 0 aliphatic carbocycles. The topological polar surface area (TPSA) is 21.7 Å². The summed E-state index contributed by atoms with van der Waals surface area (Å²) in [4.78, 5) is 2.65. The fraction of sp³-hybridized carbons (Fsp3) is 1.00. The van der Waals surface area contributed by atoms with Crippen molar-refractivity contribution in [3.63, 3.8) is 0 Å². The Bertz CT molecular complexity index is 348. The first-order chi connectivity index (χ1) is 12.7. The summed E-state index contributed by atoms with van der Waals surface area (Å²) in [6, 6.07) is 0. The van der Waals surface area contributed by atoms with Gasteiger partial charge in [-0.05, 0) is 83.7 Å². The molecule has 0 aromatic rings. The fourth-order valence-corrected chi connectivity index (χ4v) is 3.77. The monoisotopic (exact) mass is 383 g/mol. The molecule has 0 atom stereocenters. The Morgan fingerprint density at radius 1 is 0.704 bits per heavy atom. The summed E-state index contributed by atoms with van der Waals surface area (Å²) in [6.07, 6.45) is 11.7. The minimum atomic E-state index is 0.285. The van der Waals surface area contributed by atoms with Gasteiger partial charge in [-0.15, -0.1) is 0 Å². The highest BCUT2D eigenvalue weighted by molar-refractivity contribution is 4.81. The molecule has 1 saturated heterocycles. The standard InChI is InChI=1S/C24H49NO2/c1-23(2,3)21-27-20-12-8-11-19-26-18-10-7-9-13-22-14-16-25(17-15-22)24(4,5)6/h22H,7-21H2,1-6H3. The Hall–Kier alpha value is -0.120. The summed E-state index contributed by atoms with van der Waals surface area (Å²) in [5, 5.41) is 0. The lowest BCUT2D eigenvalue weighted by Gasteiger charge is -2.41.